The van der Waals surface area contributed by atoms with Gasteiger partial charge in [0.25, 0.3) is 0 Å². The highest BCUT2D eigenvalue weighted by atomic mass is 32.2. The first-order valence-corrected chi connectivity index (χ1v) is 7.68. The Labute approximate surface area is 111 Å². The van der Waals surface area contributed by atoms with Crippen molar-refractivity contribution in [3.05, 3.63) is 54.7 Å². The maximum atomic E-state index is 11.4. The third kappa shape index (κ3) is 2.24. The molecule has 0 bridgehead atoms. The van der Waals surface area contributed by atoms with Crippen LogP contribution < -0.4 is 0 Å². The fraction of sp³-hybridized carbons (Fsp3) is 0.0714. The van der Waals surface area contributed by atoms with E-state index < -0.39 is 9.84 Å². The van der Waals surface area contributed by atoms with E-state index in [0.717, 1.165) is 16.8 Å². The number of sulfone groups is 1. The number of hydrogen-bond donors (Lipinski definition) is 0. The lowest BCUT2D eigenvalue weighted by Gasteiger charge is -1.99. The topological polar surface area (TPSA) is 51.4 Å². The molecule has 0 fully saturated rings. The average molecular weight is 272 g/mol. The molecule has 0 unspecified atom stereocenters. The Balaban J connectivity index is 2.07. The molecule has 3 aromatic rings. The van der Waals surface area contributed by atoms with Crippen molar-refractivity contribution >= 4 is 15.4 Å². The van der Waals surface area contributed by atoms with Crippen LogP contribution in [0.15, 0.2) is 59.6 Å². The van der Waals surface area contributed by atoms with Crippen molar-refractivity contribution < 1.29 is 8.42 Å². The van der Waals surface area contributed by atoms with Gasteiger partial charge in [0.2, 0.25) is 0 Å². The minimum absolute atomic E-state index is 0.319. The summed E-state index contributed by atoms with van der Waals surface area (Å²) in [6.07, 6.45) is 3.08. The van der Waals surface area contributed by atoms with E-state index in [1.54, 1.807) is 28.8 Å². The number of pyridine rings is 1. The third-order valence-electron chi connectivity index (χ3n) is 2.95. The molecule has 0 aliphatic heterocycles. The first-order chi connectivity index (χ1) is 9.04. The fourth-order valence-corrected chi connectivity index (χ4v) is 2.58. The summed E-state index contributed by atoms with van der Waals surface area (Å²) >= 11 is 0. The standard InChI is InChI=1S/C14H12N2O2S/c1-19(17,18)13-7-5-11(6-8-13)14-10-12-4-2-3-9-16(12)15-14/h2-10H,1H3. The number of nitrogens with zero attached hydrogens (tertiary/aromatic N) is 2. The molecule has 5 heteroatoms. The van der Waals surface area contributed by atoms with Gasteiger partial charge in [0.1, 0.15) is 0 Å². The summed E-state index contributed by atoms with van der Waals surface area (Å²) in [6, 6.07) is 14.6. The lowest BCUT2D eigenvalue weighted by molar-refractivity contribution is 0.602. The van der Waals surface area contributed by atoms with Crippen LogP contribution in [0.3, 0.4) is 0 Å². The SMILES string of the molecule is CS(=O)(=O)c1ccc(-c2cc3ccccn3n2)cc1. The van der Waals surface area contributed by atoms with E-state index in [0.29, 0.717) is 4.90 Å². The van der Waals surface area contributed by atoms with E-state index >= 15 is 0 Å². The molecule has 2 heterocycles. The van der Waals surface area contributed by atoms with Gasteiger partial charge >= 0.3 is 0 Å². The van der Waals surface area contributed by atoms with Gasteiger partial charge in [-0.1, -0.05) is 18.2 Å². The Bertz CT molecular complexity index is 800. The van der Waals surface area contributed by atoms with Crippen molar-refractivity contribution in [1.29, 1.82) is 0 Å². The molecule has 0 amide bonds. The predicted molar refractivity (Wildman–Crippen MR) is 73.7 cm³/mol. The van der Waals surface area contributed by atoms with E-state index in [9.17, 15) is 8.42 Å². The molecule has 0 N–H and O–H groups in total. The van der Waals surface area contributed by atoms with Crippen molar-refractivity contribution in [2.24, 2.45) is 0 Å². The van der Waals surface area contributed by atoms with Crippen molar-refractivity contribution in [3.63, 3.8) is 0 Å². The Morgan fingerprint density at radius 3 is 2.42 bits per heavy atom. The maximum Gasteiger partial charge on any atom is 0.175 e. The van der Waals surface area contributed by atoms with Gasteiger partial charge in [-0.05, 0) is 30.3 Å². The molecule has 0 aliphatic rings. The summed E-state index contributed by atoms with van der Waals surface area (Å²) < 4.78 is 24.6. The van der Waals surface area contributed by atoms with Crippen LogP contribution in [0.1, 0.15) is 0 Å². The van der Waals surface area contributed by atoms with Crippen LogP contribution >= 0.6 is 0 Å². The summed E-state index contributed by atoms with van der Waals surface area (Å²) in [5.41, 5.74) is 2.73. The van der Waals surface area contributed by atoms with Gasteiger partial charge in [-0.15, -0.1) is 0 Å². The van der Waals surface area contributed by atoms with Crippen LogP contribution in [-0.4, -0.2) is 24.3 Å². The quantitative estimate of drug-likeness (QED) is 0.720. The third-order valence-corrected chi connectivity index (χ3v) is 4.08. The summed E-state index contributed by atoms with van der Waals surface area (Å²) in [7, 11) is -3.15. The molecule has 1 aromatic carbocycles. The van der Waals surface area contributed by atoms with E-state index in [4.69, 9.17) is 0 Å². The maximum absolute atomic E-state index is 11.4. The van der Waals surface area contributed by atoms with Crippen LogP contribution in [0.5, 0.6) is 0 Å². The summed E-state index contributed by atoms with van der Waals surface area (Å²) in [5.74, 6) is 0. The average Bonchev–Trinajstić information content (AvgIpc) is 2.81. The second-order valence-corrected chi connectivity index (χ2v) is 6.41. The molecule has 0 atom stereocenters. The van der Waals surface area contributed by atoms with Gasteiger partial charge < -0.3 is 0 Å². The zero-order chi connectivity index (χ0) is 13.5. The summed E-state index contributed by atoms with van der Waals surface area (Å²) in [5, 5.41) is 4.44. The Morgan fingerprint density at radius 1 is 1.05 bits per heavy atom. The Kier molecular flexibility index (Phi) is 2.64. The van der Waals surface area contributed by atoms with Crippen molar-refractivity contribution in [2.45, 2.75) is 4.90 Å². The minimum atomic E-state index is -3.15. The molecule has 0 saturated carbocycles. The van der Waals surface area contributed by atoms with Crippen molar-refractivity contribution in [1.82, 2.24) is 9.61 Å². The monoisotopic (exact) mass is 272 g/mol. The minimum Gasteiger partial charge on any atom is -0.240 e. The smallest absolute Gasteiger partial charge is 0.175 e. The normalized spacial score (nSPS) is 11.8. The van der Waals surface area contributed by atoms with Gasteiger partial charge in [0.05, 0.1) is 16.1 Å². The molecule has 2 aromatic heterocycles. The zero-order valence-electron chi connectivity index (χ0n) is 10.3. The van der Waals surface area contributed by atoms with Crippen LogP contribution in [0, 0.1) is 0 Å². The largest absolute Gasteiger partial charge is 0.240 e. The van der Waals surface area contributed by atoms with Gasteiger partial charge in [0, 0.05) is 18.0 Å². The molecule has 19 heavy (non-hydrogen) atoms. The Hall–Kier alpha value is -2.14. The lowest BCUT2D eigenvalue weighted by Crippen LogP contribution is -1.96. The van der Waals surface area contributed by atoms with E-state index in [2.05, 4.69) is 5.10 Å². The van der Waals surface area contributed by atoms with Gasteiger partial charge in [-0.2, -0.15) is 5.10 Å². The van der Waals surface area contributed by atoms with Crippen LogP contribution in [0.2, 0.25) is 0 Å². The Morgan fingerprint density at radius 2 is 1.79 bits per heavy atom. The molecule has 0 spiro atoms. The number of fused-ring (bicyclic) bond motifs is 1. The molecule has 3 rings (SSSR count). The van der Waals surface area contributed by atoms with E-state index in [-0.39, 0.29) is 0 Å². The number of rotatable bonds is 2. The van der Waals surface area contributed by atoms with Crippen LogP contribution in [0.4, 0.5) is 0 Å². The van der Waals surface area contributed by atoms with Crippen molar-refractivity contribution in [3.8, 4) is 11.3 Å². The van der Waals surface area contributed by atoms with Crippen LogP contribution in [0.25, 0.3) is 16.8 Å². The first kappa shape index (κ1) is 11.9. The van der Waals surface area contributed by atoms with Gasteiger partial charge in [-0.3, -0.25) is 0 Å². The number of aromatic nitrogens is 2. The van der Waals surface area contributed by atoms with Gasteiger partial charge in [-0.25, -0.2) is 12.9 Å². The highest BCUT2D eigenvalue weighted by Gasteiger charge is 2.08. The van der Waals surface area contributed by atoms with Gasteiger partial charge in [0.15, 0.2) is 9.84 Å². The summed E-state index contributed by atoms with van der Waals surface area (Å²) in [4.78, 5) is 0.319. The van der Waals surface area contributed by atoms with Crippen molar-refractivity contribution in [2.75, 3.05) is 6.26 Å². The zero-order valence-corrected chi connectivity index (χ0v) is 11.1. The number of hydrogen-bond acceptors (Lipinski definition) is 3. The lowest BCUT2D eigenvalue weighted by atomic mass is 10.1. The van der Waals surface area contributed by atoms with E-state index in [1.807, 2.05) is 30.5 Å². The second kappa shape index (κ2) is 4.20. The number of benzene rings is 1. The molecule has 96 valence electrons. The molecular weight excluding hydrogens is 260 g/mol. The molecule has 4 nitrogen and oxygen atoms in total. The molecule has 0 aliphatic carbocycles. The predicted octanol–water partition coefficient (Wildman–Crippen LogP) is 2.40. The molecular formula is C14H12N2O2S. The fourth-order valence-electron chi connectivity index (χ4n) is 1.95. The highest BCUT2D eigenvalue weighted by molar-refractivity contribution is 7.90. The molecule has 0 radical (unpaired) electrons. The van der Waals surface area contributed by atoms with E-state index in [1.165, 1.54) is 6.26 Å². The molecule has 0 saturated heterocycles. The van der Waals surface area contributed by atoms with Crippen LogP contribution in [-0.2, 0) is 9.84 Å². The summed E-state index contributed by atoms with van der Waals surface area (Å²) in [6.45, 7) is 0. The first-order valence-electron chi connectivity index (χ1n) is 5.79. The highest BCUT2D eigenvalue weighted by Crippen LogP contribution is 2.21. The second-order valence-electron chi connectivity index (χ2n) is 4.40.